The number of carbonyl (C=O) groups is 1. The normalized spacial score (nSPS) is 10.6. The molecule has 0 fully saturated rings. The van der Waals surface area contributed by atoms with Crippen LogP contribution in [-0.4, -0.2) is 40.0 Å². The van der Waals surface area contributed by atoms with E-state index in [0.29, 0.717) is 36.0 Å². The average molecular weight is 414 g/mol. The number of anilines is 3. The van der Waals surface area contributed by atoms with E-state index in [1.165, 1.54) is 0 Å². The zero-order valence-electron chi connectivity index (χ0n) is 18.2. The average Bonchev–Trinajstić information content (AvgIpc) is 2.65. The number of rotatable bonds is 9. The van der Waals surface area contributed by atoms with Crippen LogP contribution < -0.4 is 21.5 Å². The van der Waals surface area contributed by atoms with Crippen molar-refractivity contribution in [1.82, 2.24) is 15.4 Å². The van der Waals surface area contributed by atoms with Crippen LogP contribution in [0.2, 0.25) is 0 Å². The summed E-state index contributed by atoms with van der Waals surface area (Å²) in [6.45, 7) is 10.1. The Labute approximate surface area is 177 Å². The molecule has 0 aromatic carbocycles. The first-order valence-electron chi connectivity index (χ1n) is 9.94. The lowest BCUT2D eigenvalue weighted by Gasteiger charge is -2.19. The van der Waals surface area contributed by atoms with E-state index in [1.807, 2.05) is 33.8 Å². The van der Waals surface area contributed by atoms with Gasteiger partial charge in [-0.2, -0.15) is 0 Å². The number of amides is 2. The van der Waals surface area contributed by atoms with Crippen molar-refractivity contribution in [1.29, 1.82) is 5.41 Å². The molecule has 0 bridgehead atoms. The molecular weight excluding hydrogens is 382 g/mol. The lowest BCUT2D eigenvalue weighted by molar-refractivity contribution is 0.254. The molecule has 30 heavy (non-hydrogen) atoms. The zero-order valence-corrected chi connectivity index (χ0v) is 18.2. The summed E-state index contributed by atoms with van der Waals surface area (Å²) in [5.74, 6) is 1.15. The van der Waals surface area contributed by atoms with Gasteiger partial charge in [-0.3, -0.25) is 15.8 Å². The van der Waals surface area contributed by atoms with Crippen molar-refractivity contribution < 1.29 is 9.90 Å². The van der Waals surface area contributed by atoms with Gasteiger partial charge in [0.05, 0.1) is 0 Å². The fourth-order valence-electron chi connectivity index (χ4n) is 3.08. The third-order valence-electron chi connectivity index (χ3n) is 4.32. The molecule has 0 aliphatic rings. The van der Waals surface area contributed by atoms with E-state index in [1.54, 1.807) is 19.1 Å². The van der Waals surface area contributed by atoms with Gasteiger partial charge in [-0.15, -0.1) is 0 Å². The third kappa shape index (κ3) is 6.41. The minimum atomic E-state index is -0.435. The van der Waals surface area contributed by atoms with Crippen LogP contribution in [0.3, 0.4) is 0 Å². The number of urea groups is 1. The number of nitrogens with zero attached hydrogens (tertiary/aromatic N) is 2. The molecule has 2 aromatic heterocycles. The monoisotopic (exact) mass is 413 g/mol. The minimum Gasteiger partial charge on any atom is -0.396 e. The van der Waals surface area contributed by atoms with Crippen molar-refractivity contribution >= 4 is 29.1 Å². The lowest BCUT2D eigenvalue weighted by Crippen LogP contribution is -2.34. The number of nitrogens with one attached hydrogen (secondary N) is 5. The van der Waals surface area contributed by atoms with Gasteiger partial charge >= 0.3 is 6.03 Å². The Kier molecular flexibility index (Phi) is 8.11. The maximum atomic E-state index is 12.3. The van der Waals surface area contributed by atoms with Gasteiger partial charge in [0.1, 0.15) is 11.6 Å². The van der Waals surface area contributed by atoms with Crippen LogP contribution in [0.15, 0.2) is 18.2 Å². The fourth-order valence-corrected chi connectivity index (χ4v) is 3.08. The van der Waals surface area contributed by atoms with E-state index in [2.05, 4.69) is 31.5 Å². The highest BCUT2D eigenvalue weighted by atomic mass is 16.3. The van der Waals surface area contributed by atoms with Crippen molar-refractivity contribution in [2.24, 2.45) is 0 Å². The number of aromatic nitrogens is 2. The Morgan fingerprint density at radius 3 is 2.40 bits per heavy atom. The van der Waals surface area contributed by atoms with Gasteiger partial charge in [-0.25, -0.2) is 9.78 Å². The predicted octanol–water partition coefficient (Wildman–Crippen LogP) is 3.55. The number of carbonyl (C=O) groups excluding carboxylic acids is 1. The summed E-state index contributed by atoms with van der Waals surface area (Å²) in [5.41, 5.74) is 9.79. The van der Waals surface area contributed by atoms with Crippen molar-refractivity contribution in [2.75, 3.05) is 29.2 Å². The molecule has 0 aliphatic heterocycles. The van der Waals surface area contributed by atoms with Crippen molar-refractivity contribution in [3.8, 4) is 0 Å². The van der Waals surface area contributed by atoms with Gasteiger partial charge in [0.25, 0.3) is 0 Å². The molecule has 0 radical (unpaired) electrons. The molecule has 0 saturated carbocycles. The van der Waals surface area contributed by atoms with Crippen LogP contribution in [0.5, 0.6) is 0 Å². The molecule has 9 heteroatoms. The number of pyridine rings is 2. The summed E-state index contributed by atoms with van der Waals surface area (Å²) in [6, 6.07) is 4.96. The smallest absolute Gasteiger partial charge is 0.337 e. The fraction of sp³-hybridized carbons (Fsp3) is 0.429. The second-order valence-electron chi connectivity index (χ2n) is 7.45. The number of aliphatic hydroxyl groups excluding tert-OH is 1. The first-order valence-corrected chi connectivity index (χ1v) is 9.94. The van der Waals surface area contributed by atoms with Crippen molar-refractivity contribution in [3.63, 3.8) is 0 Å². The molecule has 0 aliphatic carbocycles. The Morgan fingerprint density at radius 2 is 1.83 bits per heavy atom. The number of aryl methyl sites for hydroxylation is 2. The molecule has 0 atom stereocenters. The quantitative estimate of drug-likeness (QED) is 0.211. The van der Waals surface area contributed by atoms with Crippen LogP contribution in [0.25, 0.3) is 0 Å². The van der Waals surface area contributed by atoms with E-state index in [4.69, 9.17) is 10.5 Å². The molecule has 9 nitrogen and oxygen atoms in total. The second kappa shape index (κ2) is 10.5. The van der Waals surface area contributed by atoms with Crippen LogP contribution in [-0.2, 0) is 0 Å². The largest absolute Gasteiger partial charge is 0.396 e. The molecule has 6 N–H and O–H groups in total. The Bertz CT molecular complexity index is 892. The number of hydrazine groups is 1. The highest BCUT2D eigenvalue weighted by Gasteiger charge is 2.17. The molecule has 2 heterocycles. The first kappa shape index (κ1) is 23.1. The van der Waals surface area contributed by atoms with Crippen LogP contribution in [0.1, 0.15) is 55.6 Å². The molecular formula is C21H31N7O2. The second-order valence-corrected chi connectivity index (χ2v) is 7.45. The lowest BCUT2D eigenvalue weighted by atomic mass is 9.95. The maximum Gasteiger partial charge on any atom is 0.337 e. The first-order chi connectivity index (χ1) is 14.2. The molecule has 0 unspecified atom stereocenters. The number of aliphatic hydroxyl groups is 1. The van der Waals surface area contributed by atoms with Gasteiger partial charge in [-0.1, -0.05) is 13.8 Å². The number of hydrogen-bond donors (Lipinski definition) is 6. The predicted molar refractivity (Wildman–Crippen MR) is 121 cm³/mol. The van der Waals surface area contributed by atoms with E-state index in [0.717, 1.165) is 22.5 Å². The topological polar surface area (TPSA) is 135 Å². The summed E-state index contributed by atoms with van der Waals surface area (Å²) in [7, 11) is 0. The van der Waals surface area contributed by atoms with E-state index in [-0.39, 0.29) is 12.5 Å². The maximum absolute atomic E-state index is 12.3. The highest BCUT2D eigenvalue weighted by molar-refractivity contribution is 6.02. The molecule has 0 spiro atoms. The zero-order chi connectivity index (χ0) is 22.3. The van der Waals surface area contributed by atoms with E-state index >= 15 is 0 Å². The van der Waals surface area contributed by atoms with E-state index < -0.39 is 6.03 Å². The molecule has 0 saturated heterocycles. The van der Waals surface area contributed by atoms with Gasteiger partial charge in [0.15, 0.2) is 0 Å². The van der Waals surface area contributed by atoms with Gasteiger partial charge < -0.3 is 21.1 Å². The van der Waals surface area contributed by atoms with Gasteiger partial charge in [0, 0.05) is 41.5 Å². The van der Waals surface area contributed by atoms with Crippen molar-refractivity contribution in [3.05, 3.63) is 40.7 Å². The SMILES string of the molecule is CC(=N)c1c(C(C)C)cc(NNC(=O)Nc2cc(C)nc(C)c2)nc1NCCCO. The Hall–Kier alpha value is -3.20. The molecule has 2 aromatic rings. The molecule has 2 amide bonds. The van der Waals surface area contributed by atoms with Crippen LogP contribution in [0.4, 0.5) is 22.1 Å². The molecule has 2 rings (SSSR count). The Balaban J connectivity index is 2.19. The van der Waals surface area contributed by atoms with Gasteiger partial charge in [-0.05, 0) is 56.9 Å². The summed E-state index contributed by atoms with van der Waals surface area (Å²) in [4.78, 5) is 21.1. The summed E-state index contributed by atoms with van der Waals surface area (Å²) in [6.07, 6.45) is 0.568. The highest BCUT2D eigenvalue weighted by Crippen LogP contribution is 2.28. The summed E-state index contributed by atoms with van der Waals surface area (Å²) >= 11 is 0. The Morgan fingerprint density at radius 1 is 1.17 bits per heavy atom. The van der Waals surface area contributed by atoms with Crippen LogP contribution in [0, 0.1) is 19.3 Å². The van der Waals surface area contributed by atoms with E-state index in [9.17, 15) is 4.79 Å². The summed E-state index contributed by atoms with van der Waals surface area (Å²) in [5, 5.41) is 23.1. The molecule has 162 valence electrons. The van der Waals surface area contributed by atoms with Gasteiger partial charge in [0.2, 0.25) is 0 Å². The minimum absolute atomic E-state index is 0.0660. The number of hydrogen-bond acceptors (Lipinski definition) is 7. The van der Waals surface area contributed by atoms with Crippen molar-refractivity contribution in [2.45, 2.75) is 47.0 Å². The third-order valence-corrected chi connectivity index (χ3v) is 4.32. The standard InChI is InChI=1S/C21H31N7O2/c1-12(2)17-11-18(26-20(19(17)15(5)22)23-7-6-8-29)27-28-21(30)25-16-9-13(3)24-14(4)10-16/h9-12,22,29H,6-8H2,1-5H3,(H2,23,26,27)(H2,24,25,28,30). The summed E-state index contributed by atoms with van der Waals surface area (Å²) < 4.78 is 0. The van der Waals surface area contributed by atoms with Crippen LogP contribution >= 0.6 is 0 Å².